The van der Waals surface area contributed by atoms with E-state index in [0.717, 1.165) is 0 Å². The molecule has 3 rings (SSSR count). The molecule has 0 aliphatic carbocycles. The highest BCUT2D eigenvalue weighted by atomic mass is 16.2. The van der Waals surface area contributed by atoms with Crippen LogP contribution >= 0.6 is 0 Å². The van der Waals surface area contributed by atoms with Crippen molar-refractivity contribution in [2.24, 2.45) is 10.2 Å². The fraction of sp³-hybridized carbons (Fsp3) is 0.333. The number of nitrogens with zero attached hydrogens (tertiary/aromatic N) is 3. The Morgan fingerprint density at radius 2 is 2.08 bits per heavy atom. The first-order valence-electron chi connectivity index (χ1n) is 7.31. The van der Waals surface area contributed by atoms with Gasteiger partial charge >= 0.3 is 5.69 Å². The van der Waals surface area contributed by atoms with Crippen LogP contribution in [-0.4, -0.2) is 33.1 Å². The monoisotopic (exact) mass is 326 g/mol. The molecule has 2 aromatic rings. The molecule has 122 valence electrons. The number of fused-ring (bicyclic) bond motifs is 1. The highest BCUT2D eigenvalue weighted by Crippen LogP contribution is 2.36. The Kier molecular flexibility index (Phi) is 3.95. The van der Waals surface area contributed by atoms with Gasteiger partial charge < -0.3 is 5.32 Å². The number of amides is 1. The number of aromatic amines is 2. The van der Waals surface area contributed by atoms with Crippen LogP contribution in [0.5, 0.6) is 0 Å². The predicted molar refractivity (Wildman–Crippen MR) is 85.6 cm³/mol. The molecule has 3 heterocycles. The van der Waals surface area contributed by atoms with Crippen molar-refractivity contribution in [1.29, 1.82) is 0 Å². The van der Waals surface area contributed by atoms with Gasteiger partial charge in [0.15, 0.2) is 5.66 Å². The van der Waals surface area contributed by atoms with E-state index in [9.17, 15) is 14.4 Å². The summed E-state index contributed by atoms with van der Waals surface area (Å²) in [5.41, 5.74) is -1.35. The molecule has 1 amide bonds. The third-order valence-corrected chi connectivity index (χ3v) is 3.72. The van der Waals surface area contributed by atoms with Crippen LogP contribution in [0.1, 0.15) is 29.6 Å². The number of rotatable bonds is 6. The maximum absolute atomic E-state index is 12.2. The summed E-state index contributed by atoms with van der Waals surface area (Å²) in [5, 5.41) is 10.8. The zero-order valence-electron chi connectivity index (χ0n) is 12.6. The minimum Gasteiger partial charge on any atom is -0.352 e. The third-order valence-electron chi connectivity index (χ3n) is 3.72. The van der Waals surface area contributed by atoms with E-state index in [0.29, 0.717) is 25.8 Å². The molecule has 0 aromatic carbocycles. The molecule has 0 fully saturated rings. The Bertz CT molecular complexity index is 975. The number of nitrogens with one attached hydrogen (secondary N) is 3. The van der Waals surface area contributed by atoms with Gasteiger partial charge in [0.1, 0.15) is 5.65 Å². The van der Waals surface area contributed by atoms with E-state index in [1.807, 2.05) is 0 Å². The van der Waals surface area contributed by atoms with E-state index < -0.39 is 16.9 Å². The molecule has 9 nitrogen and oxygen atoms in total. The average Bonchev–Trinajstić information content (AvgIpc) is 3.32. The maximum atomic E-state index is 12.2. The third kappa shape index (κ3) is 3.22. The van der Waals surface area contributed by atoms with Crippen molar-refractivity contribution in [1.82, 2.24) is 20.3 Å². The summed E-state index contributed by atoms with van der Waals surface area (Å²) in [4.78, 5) is 43.5. The molecule has 9 heteroatoms. The molecule has 0 bridgehead atoms. The normalized spacial score (nSPS) is 14.3. The molecular weight excluding hydrogens is 312 g/mol. The van der Waals surface area contributed by atoms with Crippen molar-refractivity contribution in [3.05, 3.63) is 38.7 Å². The summed E-state index contributed by atoms with van der Waals surface area (Å²) >= 11 is 0. The first-order valence-corrected chi connectivity index (χ1v) is 7.31. The smallest absolute Gasteiger partial charge is 0.327 e. The van der Waals surface area contributed by atoms with Gasteiger partial charge in [-0.05, 0) is 6.07 Å². The Balaban J connectivity index is 1.65. The summed E-state index contributed by atoms with van der Waals surface area (Å²) in [6.07, 6.45) is 8.33. The van der Waals surface area contributed by atoms with Gasteiger partial charge in [0.2, 0.25) is 0 Å². The van der Waals surface area contributed by atoms with Crippen molar-refractivity contribution < 1.29 is 4.79 Å². The molecule has 0 unspecified atom stereocenters. The molecule has 1 aliphatic rings. The lowest BCUT2D eigenvalue weighted by Gasteiger charge is -2.10. The van der Waals surface area contributed by atoms with Gasteiger partial charge in [-0.1, -0.05) is 0 Å². The van der Waals surface area contributed by atoms with Gasteiger partial charge in [-0.3, -0.25) is 19.6 Å². The highest BCUT2D eigenvalue weighted by Gasteiger charge is 2.38. The molecule has 0 spiro atoms. The number of terminal acetylenes is 1. The second-order valence-electron chi connectivity index (χ2n) is 5.42. The lowest BCUT2D eigenvalue weighted by molar-refractivity contribution is 0.0951. The number of hydrogen-bond acceptors (Lipinski definition) is 6. The summed E-state index contributed by atoms with van der Waals surface area (Å²) in [7, 11) is 0. The number of hydrogen-bond donors (Lipinski definition) is 3. The Hall–Kier alpha value is -3.28. The van der Waals surface area contributed by atoms with E-state index in [2.05, 4.69) is 36.4 Å². The van der Waals surface area contributed by atoms with Crippen molar-refractivity contribution in [3.63, 3.8) is 0 Å². The number of pyridine rings is 1. The van der Waals surface area contributed by atoms with Gasteiger partial charge in [0.25, 0.3) is 11.5 Å². The van der Waals surface area contributed by atoms with Crippen LogP contribution in [0.3, 0.4) is 0 Å². The Morgan fingerprint density at radius 1 is 1.29 bits per heavy atom. The summed E-state index contributed by atoms with van der Waals surface area (Å²) in [6.45, 7) is 0.371. The predicted octanol–water partition coefficient (Wildman–Crippen LogP) is 0.307. The van der Waals surface area contributed by atoms with Crippen LogP contribution in [-0.2, 0) is 0 Å². The second kappa shape index (κ2) is 6.08. The fourth-order valence-corrected chi connectivity index (χ4v) is 2.32. The maximum Gasteiger partial charge on any atom is 0.327 e. The van der Waals surface area contributed by atoms with Gasteiger partial charge in [0.05, 0.1) is 10.9 Å². The van der Waals surface area contributed by atoms with Crippen molar-refractivity contribution >= 4 is 16.9 Å². The van der Waals surface area contributed by atoms with Crippen molar-refractivity contribution in [2.75, 3.05) is 6.54 Å². The molecule has 0 atom stereocenters. The molecule has 0 radical (unpaired) electrons. The quantitative estimate of drug-likeness (QED) is 0.659. The van der Waals surface area contributed by atoms with Crippen LogP contribution < -0.4 is 16.6 Å². The van der Waals surface area contributed by atoms with Gasteiger partial charge in [-0.25, -0.2) is 9.78 Å². The minimum absolute atomic E-state index is 0.129. The largest absolute Gasteiger partial charge is 0.352 e. The zero-order chi connectivity index (χ0) is 17.2. The first-order chi connectivity index (χ1) is 11.5. The van der Waals surface area contributed by atoms with Crippen molar-refractivity contribution in [2.45, 2.75) is 24.9 Å². The molecule has 0 saturated heterocycles. The first kappa shape index (κ1) is 15.6. The number of carbonyl (C=O) groups excluding carboxylic acids is 1. The summed E-state index contributed by atoms with van der Waals surface area (Å²) in [6, 6.07) is 1.38. The lowest BCUT2D eigenvalue weighted by Crippen LogP contribution is -2.29. The zero-order valence-corrected chi connectivity index (χ0v) is 12.6. The fourth-order valence-electron chi connectivity index (χ4n) is 2.32. The second-order valence-corrected chi connectivity index (χ2v) is 5.42. The van der Waals surface area contributed by atoms with Crippen molar-refractivity contribution in [3.8, 4) is 12.3 Å². The minimum atomic E-state index is -0.647. The molecule has 1 aliphatic heterocycles. The highest BCUT2D eigenvalue weighted by molar-refractivity contribution is 5.96. The van der Waals surface area contributed by atoms with E-state index in [1.165, 1.54) is 12.3 Å². The average molecular weight is 326 g/mol. The number of aromatic nitrogens is 3. The van der Waals surface area contributed by atoms with Gasteiger partial charge in [-0.2, -0.15) is 10.2 Å². The molecule has 3 N–H and O–H groups in total. The van der Waals surface area contributed by atoms with Crippen LogP contribution in [0.4, 0.5) is 0 Å². The van der Waals surface area contributed by atoms with E-state index in [-0.39, 0.29) is 22.5 Å². The number of carbonyl (C=O) groups is 1. The van der Waals surface area contributed by atoms with E-state index in [1.54, 1.807) is 0 Å². The van der Waals surface area contributed by atoms with Crippen LogP contribution in [0, 0.1) is 12.3 Å². The summed E-state index contributed by atoms with van der Waals surface area (Å²) < 4.78 is 0. The Labute approximate surface area is 135 Å². The SMILES string of the molecule is C#CCCC1(CCNC(=O)c2cnc3[nH]c(=O)[nH]c(=O)c3c2)N=N1. The standard InChI is InChI=1S/C15H14N6O3/c1-2-3-4-15(20-21-15)5-6-16-12(22)9-7-10-11(17-8-9)18-14(24)19-13(10)23/h1,7-8H,3-6H2,(H,16,22)(H2,17,18,19,23,24). The topological polar surface area (TPSA) is 132 Å². The van der Waals surface area contributed by atoms with Gasteiger partial charge in [-0.15, -0.1) is 12.3 Å². The lowest BCUT2D eigenvalue weighted by atomic mass is 10.0. The molecule has 24 heavy (non-hydrogen) atoms. The van der Waals surface area contributed by atoms with Crippen LogP contribution in [0.25, 0.3) is 11.0 Å². The van der Waals surface area contributed by atoms with Gasteiger partial charge in [0, 0.05) is 32.0 Å². The molecule has 0 saturated carbocycles. The van der Waals surface area contributed by atoms with E-state index in [4.69, 9.17) is 6.42 Å². The van der Waals surface area contributed by atoms with Crippen LogP contribution in [0.2, 0.25) is 0 Å². The number of H-pyrrole nitrogens is 2. The van der Waals surface area contributed by atoms with E-state index >= 15 is 0 Å². The molecule has 2 aromatic heterocycles. The summed E-state index contributed by atoms with van der Waals surface area (Å²) in [5.74, 6) is 2.17. The Morgan fingerprint density at radius 3 is 2.79 bits per heavy atom. The van der Waals surface area contributed by atoms with Crippen LogP contribution in [0.15, 0.2) is 32.1 Å². The molecular formula is C15H14N6O3.